The van der Waals surface area contributed by atoms with E-state index in [0.717, 1.165) is 30.8 Å². The summed E-state index contributed by atoms with van der Waals surface area (Å²) in [5, 5.41) is 7.29. The Balaban J connectivity index is 1.99. The first-order valence-electron chi connectivity index (χ1n) is 5.66. The van der Waals surface area contributed by atoms with Crippen molar-refractivity contribution in [2.75, 3.05) is 13.1 Å². The zero-order valence-corrected chi connectivity index (χ0v) is 9.02. The molecule has 1 aliphatic heterocycles. The van der Waals surface area contributed by atoms with Crippen molar-refractivity contribution < 1.29 is 4.52 Å². The smallest absolute Gasteiger partial charge is 0.148 e. The van der Waals surface area contributed by atoms with E-state index in [0.29, 0.717) is 5.92 Å². The molecule has 1 N–H and O–H groups in total. The molecule has 2 aromatic rings. The van der Waals surface area contributed by atoms with Crippen LogP contribution in [0.25, 0.3) is 11.1 Å². The summed E-state index contributed by atoms with van der Waals surface area (Å²) < 4.78 is 5.41. The number of nitrogens with one attached hydrogen (secondary N) is 1. The quantitative estimate of drug-likeness (QED) is 0.834. The number of aromatic nitrogens is 1. The van der Waals surface area contributed by atoms with Crippen LogP contribution in [0.1, 0.15) is 18.1 Å². The zero-order chi connectivity index (χ0) is 10.8. The van der Waals surface area contributed by atoms with E-state index in [2.05, 4.69) is 22.6 Å². The average Bonchev–Trinajstić information content (AvgIpc) is 3.01. The molecule has 1 fully saturated rings. The van der Waals surface area contributed by atoms with Crippen LogP contribution < -0.4 is 5.32 Å². The van der Waals surface area contributed by atoms with Crippen LogP contribution >= 0.6 is 0 Å². The van der Waals surface area contributed by atoms with Gasteiger partial charge in [-0.1, -0.05) is 35.5 Å². The van der Waals surface area contributed by atoms with Gasteiger partial charge in [0.15, 0.2) is 0 Å². The molecule has 1 saturated heterocycles. The fraction of sp³-hybridized carbons (Fsp3) is 0.308. The normalized spacial score (nSPS) is 20.1. The van der Waals surface area contributed by atoms with Gasteiger partial charge in [-0.2, -0.15) is 0 Å². The summed E-state index contributed by atoms with van der Waals surface area (Å²) in [6.07, 6.45) is 2.96. The fourth-order valence-corrected chi connectivity index (χ4v) is 2.26. The van der Waals surface area contributed by atoms with Crippen LogP contribution in [0.2, 0.25) is 0 Å². The average molecular weight is 214 g/mol. The Morgan fingerprint density at radius 3 is 2.88 bits per heavy atom. The van der Waals surface area contributed by atoms with Crippen LogP contribution in [0.5, 0.6) is 0 Å². The summed E-state index contributed by atoms with van der Waals surface area (Å²) >= 11 is 0. The second kappa shape index (κ2) is 4.10. The maximum atomic E-state index is 5.41. The summed E-state index contributed by atoms with van der Waals surface area (Å²) in [7, 11) is 0. The lowest BCUT2D eigenvalue weighted by molar-refractivity contribution is 0.366. The molecule has 0 spiro atoms. The molecule has 16 heavy (non-hydrogen) atoms. The molecule has 1 aromatic carbocycles. The number of nitrogens with zero attached hydrogens (tertiary/aromatic N) is 1. The van der Waals surface area contributed by atoms with Crippen LogP contribution in [0.15, 0.2) is 41.1 Å². The summed E-state index contributed by atoms with van der Waals surface area (Å²) in [4.78, 5) is 0. The van der Waals surface area contributed by atoms with Gasteiger partial charge in [-0.05, 0) is 18.5 Å². The molecule has 0 radical (unpaired) electrons. The fourth-order valence-electron chi connectivity index (χ4n) is 2.26. The van der Waals surface area contributed by atoms with Crippen molar-refractivity contribution in [1.29, 1.82) is 0 Å². The van der Waals surface area contributed by atoms with Gasteiger partial charge in [-0.25, -0.2) is 0 Å². The number of benzene rings is 1. The standard InChI is InChI=1S/C13H14N2O/c1-2-4-10(5-3-1)12-9-15-16-13(12)11-6-7-14-8-11/h1-5,9,11,14H,6-8H2. The minimum atomic E-state index is 0.470. The molecule has 0 amide bonds. The summed E-state index contributed by atoms with van der Waals surface area (Å²) in [6.45, 7) is 2.06. The second-order valence-corrected chi connectivity index (χ2v) is 4.16. The van der Waals surface area contributed by atoms with Crippen molar-refractivity contribution in [3.63, 3.8) is 0 Å². The molecule has 3 nitrogen and oxygen atoms in total. The van der Waals surface area contributed by atoms with Crippen LogP contribution in [-0.4, -0.2) is 18.2 Å². The van der Waals surface area contributed by atoms with Gasteiger partial charge in [0.1, 0.15) is 5.76 Å². The predicted molar refractivity (Wildman–Crippen MR) is 62.2 cm³/mol. The van der Waals surface area contributed by atoms with E-state index in [-0.39, 0.29) is 0 Å². The first-order chi connectivity index (χ1) is 7.95. The number of hydrogen-bond acceptors (Lipinski definition) is 3. The molecule has 82 valence electrons. The summed E-state index contributed by atoms with van der Waals surface area (Å²) in [5.74, 6) is 1.49. The molecule has 1 unspecified atom stereocenters. The SMILES string of the molecule is c1ccc(-c2cnoc2C2CCNC2)cc1. The molecular weight excluding hydrogens is 200 g/mol. The topological polar surface area (TPSA) is 38.1 Å². The number of rotatable bonds is 2. The summed E-state index contributed by atoms with van der Waals surface area (Å²) in [6, 6.07) is 10.3. The van der Waals surface area contributed by atoms with Crippen LogP contribution in [-0.2, 0) is 0 Å². The van der Waals surface area contributed by atoms with E-state index in [1.807, 2.05) is 24.4 Å². The first-order valence-corrected chi connectivity index (χ1v) is 5.66. The van der Waals surface area contributed by atoms with Gasteiger partial charge < -0.3 is 9.84 Å². The van der Waals surface area contributed by atoms with E-state index in [9.17, 15) is 0 Å². The highest BCUT2D eigenvalue weighted by Gasteiger charge is 2.24. The molecule has 3 rings (SSSR count). The maximum absolute atomic E-state index is 5.41. The van der Waals surface area contributed by atoms with Crippen molar-refractivity contribution in [1.82, 2.24) is 10.5 Å². The molecule has 2 heterocycles. The highest BCUT2D eigenvalue weighted by molar-refractivity contribution is 5.65. The molecular formula is C13H14N2O. The van der Waals surface area contributed by atoms with Gasteiger partial charge in [-0.15, -0.1) is 0 Å². The Morgan fingerprint density at radius 2 is 2.12 bits per heavy atom. The van der Waals surface area contributed by atoms with Crippen molar-refractivity contribution >= 4 is 0 Å². The molecule has 3 heteroatoms. The van der Waals surface area contributed by atoms with Gasteiger partial charge in [0.25, 0.3) is 0 Å². The lowest BCUT2D eigenvalue weighted by atomic mass is 9.98. The minimum absolute atomic E-state index is 0.470. The Hall–Kier alpha value is -1.61. The summed E-state index contributed by atoms with van der Waals surface area (Å²) in [5.41, 5.74) is 2.32. The molecule has 1 aliphatic rings. The van der Waals surface area contributed by atoms with E-state index < -0.39 is 0 Å². The van der Waals surface area contributed by atoms with Crippen molar-refractivity contribution in [3.05, 3.63) is 42.3 Å². The molecule has 0 aliphatic carbocycles. The molecule has 0 saturated carbocycles. The highest BCUT2D eigenvalue weighted by atomic mass is 16.5. The van der Waals surface area contributed by atoms with E-state index >= 15 is 0 Å². The largest absolute Gasteiger partial charge is 0.360 e. The molecule has 1 atom stereocenters. The Bertz CT molecular complexity index is 458. The van der Waals surface area contributed by atoms with Crippen molar-refractivity contribution in [2.24, 2.45) is 0 Å². The van der Waals surface area contributed by atoms with Gasteiger partial charge >= 0.3 is 0 Å². The van der Waals surface area contributed by atoms with Crippen LogP contribution in [0.4, 0.5) is 0 Å². The Morgan fingerprint density at radius 1 is 1.25 bits per heavy atom. The third kappa shape index (κ3) is 1.63. The van der Waals surface area contributed by atoms with Crippen molar-refractivity contribution in [2.45, 2.75) is 12.3 Å². The highest BCUT2D eigenvalue weighted by Crippen LogP contribution is 2.32. The van der Waals surface area contributed by atoms with Gasteiger partial charge in [0.2, 0.25) is 0 Å². The first kappa shape index (κ1) is 9.60. The molecule has 1 aromatic heterocycles. The third-order valence-corrected chi connectivity index (χ3v) is 3.11. The monoisotopic (exact) mass is 214 g/mol. The Kier molecular flexibility index (Phi) is 2.46. The van der Waals surface area contributed by atoms with Gasteiger partial charge in [0, 0.05) is 18.0 Å². The predicted octanol–water partition coefficient (Wildman–Crippen LogP) is 2.42. The maximum Gasteiger partial charge on any atom is 0.148 e. The van der Waals surface area contributed by atoms with Crippen LogP contribution in [0.3, 0.4) is 0 Å². The lowest BCUT2D eigenvalue weighted by Gasteiger charge is -2.06. The van der Waals surface area contributed by atoms with Gasteiger partial charge in [0.05, 0.1) is 6.20 Å². The van der Waals surface area contributed by atoms with E-state index in [1.165, 1.54) is 5.56 Å². The minimum Gasteiger partial charge on any atom is -0.360 e. The lowest BCUT2D eigenvalue weighted by Crippen LogP contribution is -2.07. The molecule has 0 bridgehead atoms. The number of hydrogen-bond donors (Lipinski definition) is 1. The van der Waals surface area contributed by atoms with Crippen LogP contribution in [0, 0.1) is 0 Å². The van der Waals surface area contributed by atoms with Gasteiger partial charge in [-0.3, -0.25) is 0 Å². The Labute approximate surface area is 94.5 Å². The second-order valence-electron chi connectivity index (χ2n) is 4.16. The van der Waals surface area contributed by atoms with E-state index in [4.69, 9.17) is 4.52 Å². The van der Waals surface area contributed by atoms with E-state index in [1.54, 1.807) is 0 Å². The van der Waals surface area contributed by atoms with Crippen molar-refractivity contribution in [3.8, 4) is 11.1 Å². The zero-order valence-electron chi connectivity index (χ0n) is 9.02. The third-order valence-electron chi connectivity index (χ3n) is 3.11.